The van der Waals surface area contributed by atoms with Crippen LogP contribution in [0.2, 0.25) is 0 Å². The van der Waals surface area contributed by atoms with E-state index < -0.39 is 10.0 Å². The number of rotatable bonds is 4. The summed E-state index contributed by atoms with van der Waals surface area (Å²) in [6.07, 6.45) is 3.48. The highest BCUT2D eigenvalue weighted by Crippen LogP contribution is 2.31. The normalized spacial score (nSPS) is 13.7. The molecule has 7 heteroatoms. The number of anilines is 1. The zero-order chi connectivity index (χ0) is 20.6. The molecule has 6 nitrogen and oxygen atoms in total. The van der Waals surface area contributed by atoms with Gasteiger partial charge in [0.2, 0.25) is 0 Å². The van der Waals surface area contributed by atoms with Crippen molar-refractivity contribution in [2.45, 2.75) is 44.4 Å². The predicted octanol–water partition coefficient (Wildman–Crippen LogP) is 3.73. The van der Waals surface area contributed by atoms with Gasteiger partial charge in [-0.3, -0.25) is 9.52 Å². The van der Waals surface area contributed by atoms with E-state index in [1.54, 1.807) is 31.2 Å². The van der Waals surface area contributed by atoms with Crippen LogP contribution in [-0.2, 0) is 22.9 Å². The topological polar surface area (TPSA) is 91.9 Å². The van der Waals surface area contributed by atoms with Crippen LogP contribution in [0.15, 0.2) is 52.2 Å². The van der Waals surface area contributed by atoms with Crippen LogP contribution < -0.4 is 10.3 Å². The lowest BCUT2D eigenvalue weighted by Gasteiger charge is -2.18. The standard InChI is InChI=1S/C22H23N3O3S/c1-14-7-3-6-10-19(14)25-29(27,28)20-13-16(12-11-15(20)2)21-17-8-4-5-9-18(17)22(26)24-23-21/h3,6-7,10-13,25H,4-5,8-9H2,1-2H3,(H,24,26). The number of nitrogens with zero attached hydrogens (tertiary/aromatic N) is 1. The van der Waals surface area contributed by atoms with Gasteiger partial charge in [-0.25, -0.2) is 13.5 Å². The van der Waals surface area contributed by atoms with Gasteiger partial charge in [-0.2, -0.15) is 5.10 Å². The van der Waals surface area contributed by atoms with Gasteiger partial charge in [0.15, 0.2) is 0 Å². The zero-order valence-electron chi connectivity index (χ0n) is 16.5. The molecule has 0 atom stereocenters. The Morgan fingerprint density at radius 3 is 2.45 bits per heavy atom. The average Bonchev–Trinajstić information content (AvgIpc) is 2.71. The van der Waals surface area contributed by atoms with Gasteiger partial charge in [-0.1, -0.05) is 30.3 Å². The molecule has 0 radical (unpaired) electrons. The quantitative estimate of drug-likeness (QED) is 0.687. The zero-order valence-corrected chi connectivity index (χ0v) is 17.3. The van der Waals surface area contributed by atoms with E-state index in [9.17, 15) is 13.2 Å². The second-order valence-electron chi connectivity index (χ2n) is 7.47. The highest BCUT2D eigenvalue weighted by Gasteiger charge is 2.22. The van der Waals surface area contributed by atoms with Gasteiger partial charge in [0.25, 0.3) is 15.6 Å². The Bertz CT molecular complexity index is 1250. The van der Waals surface area contributed by atoms with E-state index >= 15 is 0 Å². The smallest absolute Gasteiger partial charge is 0.267 e. The second-order valence-corrected chi connectivity index (χ2v) is 9.12. The maximum atomic E-state index is 13.1. The van der Waals surface area contributed by atoms with Crippen LogP contribution in [0, 0.1) is 13.8 Å². The van der Waals surface area contributed by atoms with Gasteiger partial charge in [0, 0.05) is 11.1 Å². The number of sulfonamides is 1. The summed E-state index contributed by atoms with van der Waals surface area (Å²) in [5, 5.41) is 6.84. The van der Waals surface area contributed by atoms with Crippen molar-refractivity contribution in [2.75, 3.05) is 4.72 Å². The number of hydrogen-bond donors (Lipinski definition) is 2. The number of hydrogen-bond acceptors (Lipinski definition) is 4. The number of para-hydroxylation sites is 1. The number of H-pyrrole nitrogens is 1. The molecule has 0 unspecified atom stereocenters. The van der Waals surface area contributed by atoms with Crippen LogP contribution in [0.25, 0.3) is 11.3 Å². The third-order valence-corrected chi connectivity index (χ3v) is 6.95. The number of fused-ring (bicyclic) bond motifs is 1. The van der Waals surface area contributed by atoms with E-state index in [2.05, 4.69) is 14.9 Å². The van der Waals surface area contributed by atoms with Gasteiger partial charge in [-0.15, -0.1) is 0 Å². The molecule has 2 N–H and O–H groups in total. The summed E-state index contributed by atoms with van der Waals surface area (Å²) < 4.78 is 28.9. The van der Waals surface area contributed by atoms with Crippen LogP contribution >= 0.6 is 0 Å². The lowest BCUT2D eigenvalue weighted by atomic mass is 9.90. The molecule has 0 amide bonds. The predicted molar refractivity (Wildman–Crippen MR) is 114 cm³/mol. The highest BCUT2D eigenvalue weighted by atomic mass is 32.2. The van der Waals surface area contributed by atoms with E-state index in [4.69, 9.17) is 0 Å². The molecule has 2 aromatic carbocycles. The van der Waals surface area contributed by atoms with Crippen molar-refractivity contribution in [1.29, 1.82) is 0 Å². The minimum Gasteiger partial charge on any atom is -0.279 e. The summed E-state index contributed by atoms with van der Waals surface area (Å²) in [5.74, 6) is 0. The summed E-state index contributed by atoms with van der Waals surface area (Å²) in [4.78, 5) is 12.3. The number of aromatic nitrogens is 2. The molecule has 1 aromatic heterocycles. The minimum absolute atomic E-state index is 0.148. The van der Waals surface area contributed by atoms with Crippen molar-refractivity contribution in [3.8, 4) is 11.3 Å². The Balaban J connectivity index is 1.80. The lowest BCUT2D eigenvalue weighted by Crippen LogP contribution is -2.21. The molecule has 0 saturated carbocycles. The summed E-state index contributed by atoms with van der Waals surface area (Å²) in [5.41, 5.74) is 4.95. The molecule has 29 heavy (non-hydrogen) atoms. The van der Waals surface area contributed by atoms with Crippen molar-refractivity contribution >= 4 is 15.7 Å². The van der Waals surface area contributed by atoms with E-state index in [1.807, 2.05) is 25.1 Å². The molecule has 0 fully saturated rings. The van der Waals surface area contributed by atoms with Crippen molar-refractivity contribution < 1.29 is 8.42 Å². The molecule has 3 aromatic rings. The molecule has 150 valence electrons. The van der Waals surface area contributed by atoms with Crippen molar-refractivity contribution in [1.82, 2.24) is 10.2 Å². The Morgan fingerprint density at radius 1 is 0.966 bits per heavy atom. The lowest BCUT2D eigenvalue weighted by molar-refractivity contribution is 0.600. The molecule has 0 aliphatic heterocycles. The van der Waals surface area contributed by atoms with Crippen LogP contribution in [0.1, 0.15) is 35.1 Å². The fourth-order valence-electron chi connectivity index (χ4n) is 3.82. The van der Waals surface area contributed by atoms with E-state index in [1.165, 1.54) is 0 Å². The Labute approximate surface area is 170 Å². The van der Waals surface area contributed by atoms with Crippen LogP contribution in [0.3, 0.4) is 0 Å². The first-order chi connectivity index (χ1) is 13.9. The first-order valence-electron chi connectivity index (χ1n) is 9.67. The van der Waals surface area contributed by atoms with E-state index in [0.29, 0.717) is 22.5 Å². The number of nitrogens with one attached hydrogen (secondary N) is 2. The van der Waals surface area contributed by atoms with E-state index in [-0.39, 0.29) is 10.5 Å². The Kier molecular flexibility index (Phi) is 5.00. The van der Waals surface area contributed by atoms with Gasteiger partial charge < -0.3 is 0 Å². The SMILES string of the molecule is Cc1ccccc1NS(=O)(=O)c1cc(-c2n[nH]c(=O)c3c2CCCC3)ccc1C. The summed E-state index contributed by atoms with van der Waals surface area (Å²) in [6, 6.07) is 12.5. The Hall–Kier alpha value is -2.93. The molecule has 0 spiro atoms. The molecule has 1 aliphatic rings. The molecule has 0 saturated heterocycles. The van der Waals surface area contributed by atoms with Gasteiger partial charge in [0.1, 0.15) is 0 Å². The number of benzene rings is 2. The summed E-state index contributed by atoms with van der Waals surface area (Å²) >= 11 is 0. The first-order valence-corrected chi connectivity index (χ1v) is 11.1. The fraction of sp³-hybridized carbons (Fsp3) is 0.273. The summed E-state index contributed by atoms with van der Waals surface area (Å²) in [6.45, 7) is 3.63. The number of aryl methyl sites for hydroxylation is 2. The van der Waals surface area contributed by atoms with Crippen molar-refractivity contribution in [3.05, 3.63) is 75.1 Å². The molecule has 1 heterocycles. The minimum atomic E-state index is -3.78. The third kappa shape index (κ3) is 3.70. The molecule has 4 rings (SSSR count). The maximum absolute atomic E-state index is 13.1. The molecular formula is C22H23N3O3S. The van der Waals surface area contributed by atoms with Gasteiger partial charge >= 0.3 is 0 Å². The maximum Gasteiger partial charge on any atom is 0.267 e. The Morgan fingerprint density at radius 2 is 1.69 bits per heavy atom. The number of aromatic amines is 1. The fourth-order valence-corrected chi connectivity index (χ4v) is 5.22. The molecule has 0 bridgehead atoms. The average molecular weight is 410 g/mol. The third-order valence-electron chi connectivity index (χ3n) is 5.44. The van der Waals surface area contributed by atoms with E-state index in [0.717, 1.165) is 42.4 Å². The van der Waals surface area contributed by atoms with Crippen LogP contribution in [0.5, 0.6) is 0 Å². The van der Waals surface area contributed by atoms with Crippen LogP contribution in [-0.4, -0.2) is 18.6 Å². The second kappa shape index (κ2) is 7.48. The van der Waals surface area contributed by atoms with Crippen molar-refractivity contribution in [2.24, 2.45) is 0 Å². The van der Waals surface area contributed by atoms with Crippen molar-refractivity contribution in [3.63, 3.8) is 0 Å². The largest absolute Gasteiger partial charge is 0.279 e. The molecular weight excluding hydrogens is 386 g/mol. The summed E-state index contributed by atoms with van der Waals surface area (Å²) in [7, 11) is -3.78. The monoisotopic (exact) mass is 409 g/mol. The highest BCUT2D eigenvalue weighted by molar-refractivity contribution is 7.92. The van der Waals surface area contributed by atoms with Gasteiger partial charge in [-0.05, 0) is 68.4 Å². The van der Waals surface area contributed by atoms with Gasteiger partial charge in [0.05, 0.1) is 16.3 Å². The molecule has 1 aliphatic carbocycles. The first kappa shape index (κ1) is 19.4. The van der Waals surface area contributed by atoms with Crippen LogP contribution in [0.4, 0.5) is 5.69 Å².